The van der Waals surface area contributed by atoms with Gasteiger partial charge in [0.05, 0.1) is 11.3 Å². The van der Waals surface area contributed by atoms with Crippen molar-refractivity contribution in [2.45, 2.75) is 16.7 Å². The summed E-state index contributed by atoms with van der Waals surface area (Å²) in [7, 11) is -3.77. The molecule has 0 bridgehead atoms. The van der Waals surface area contributed by atoms with Crippen LogP contribution in [-0.2, 0) is 21.1 Å². The normalized spacial score (nSPS) is 12.3. The van der Waals surface area contributed by atoms with Crippen LogP contribution in [0.15, 0.2) is 95.9 Å². The van der Waals surface area contributed by atoms with Crippen molar-refractivity contribution in [3.8, 4) is 0 Å². The zero-order valence-electron chi connectivity index (χ0n) is 14.1. The number of hydrogen-bond donors (Lipinski definition) is 1. The lowest BCUT2D eigenvalue weighted by Gasteiger charge is -2.20. The summed E-state index contributed by atoms with van der Waals surface area (Å²) >= 11 is 0. The molecule has 1 N–H and O–H groups in total. The highest BCUT2D eigenvalue weighted by atomic mass is 32.2. The number of carbonyl (C=O) groups excluding carboxylic acids is 1. The number of amides is 1. The third kappa shape index (κ3) is 4.18. The minimum absolute atomic E-state index is 0.120. The fourth-order valence-electron chi connectivity index (χ4n) is 2.69. The molecule has 0 aliphatic rings. The third-order valence-corrected chi connectivity index (χ3v) is 5.92. The molecule has 0 aliphatic carbocycles. The average Bonchev–Trinajstić information content (AvgIpc) is 2.68. The highest BCUT2D eigenvalue weighted by Gasteiger charge is 2.30. The van der Waals surface area contributed by atoms with Gasteiger partial charge in [-0.05, 0) is 23.3 Å². The minimum atomic E-state index is -3.77. The van der Waals surface area contributed by atoms with Crippen LogP contribution in [0.2, 0.25) is 0 Å². The van der Waals surface area contributed by atoms with Crippen LogP contribution in [-0.4, -0.2) is 14.3 Å². The summed E-state index contributed by atoms with van der Waals surface area (Å²) in [4.78, 5) is 12.7. The van der Waals surface area contributed by atoms with E-state index in [4.69, 9.17) is 0 Å². The van der Waals surface area contributed by atoms with Gasteiger partial charge >= 0.3 is 0 Å². The number of rotatable bonds is 6. The van der Waals surface area contributed by atoms with Gasteiger partial charge in [0.2, 0.25) is 15.7 Å². The molecular formula is C21H19NO3S. The van der Waals surface area contributed by atoms with Gasteiger partial charge < -0.3 is 5.32 Å². The molecule has 0 fully saturated rings. The van der Waals surface area contributed by atoms with Crippen LogP contribution in [0, 0.1) is 0 Å². The van der Waals surface area contributed by atoms with E-state index in [1.165, 1.54) is 12.1 Å². The fourth-order valence-corrected chi connectivity index (χ4v) is 4.30. The quantitative estimate of drug-likeness (QED) is 0.727. The van der Waals surface area contributed by atoms with Crippen molar-refractivity contribution in [1.29, 1.82) is 0 Å². The van der Waals surface area contributed by atoms with Crippen LogP contribution in [0.3, 0.4) is 0 Å². The highest BCUT2D eigenvalue weighted by molar-refractivity contribution is 7.91. The first-order valence-corrected chi connectivity index (χ1v) is 9.79. The molecule has 0 aromatic heterocycles. The number of carbonyl (C=O) groups is 1. The van der Waals surface area contributed by atoms with Gasteiger partial charge in [-0.2, -0.15) is 0 Å². The second kappa shape index (κ2) is 7.97. The van der Waals surface area contributed by atoms with Crippen LogP contribution in [0.5, 0.6) is 0 Å². The number of hydrogen-bond acceptors (Lipinski definition) is 3. The molecule has 1 unspecified atom stereocenters. The summed E-state index contributed by atoms with van der Waals surface area (Å²) < 4.78 is 26.2. The van der Waals surface area contributed by atoms with Gasteiger partial charge in [0.15, 0.2) is 5.37 Å². The van der Waals surface area contributed by atoms with E-state index in [2.05, 4.69) is 5.32 Å². The first-order chi connectivity index (χ1) is 12.6. The molecule has 3 aromatic carbocycles. The van der Waals surface area contributed by atoms with Crippen LogP contribution in [0.1, 0.15) is 16.5 Å². The second-order valence-electron chi connectivity index (χ2n) is 5.88. The van der Waals surface area contributed by atoms with Crippen LogP contribution >= 0.6 is 0 Å². The molecule has 0 heterocycles. The Hall–Kier alpha value is -2.92. The van der Waals surface area contributed by atoms with Crippen molar-refractivity contribution in [3.63, 3.8) is 0 Å². The predicted molar refractivity (Wildman–Crippen MR) is 101 cm³/mol. The van der Waals surface area contributed by atoms with Gasteiger partial charge in [-0.1, -0.05) is 78.9 Å². The number of benzene rings is 3. The maximum absolute atomic E-state index is 13.1. The Balaban J connectivity index is 1.91. The monoisotopic (exact) mass is 365 g/mol. The van der Waals surface area contributed by atoms with Gasteiger partial charge in [0.1, 0.15) is 0 Å². The molecule has 0 spiro atoms. The van der Waals surface area contributed by atoms with E-state index < -0.39 is 15.2 Å². The molecule has 0 radical (unpaired) electrons. The standard InChI is InChI=1S/C21H19NO3S/c23-20(16-17-10-4-1-5-11-17)22-21(18-12-6-2-7-13-18)26(24,25)19-14-8-3-9-15-19/h1-15,21H,16H2,(H,22,23). The molecule has 0 aliphatic heterocycles. The molecule has 1 atom stereocenters. The van der Waals surface area contributed by atoms with E-state index in [0.29, 0.717) is 5.56 Å². The van der Waals surface area contributed by atoms with Crippen LogP contribution in [0.25, 0.3) is 0 Å². The molecule has 26 heavy (non-hydrogen) atoms. The van der Waals surface area contributed by atoms with E-state index in [-0.39, 0.29) is 17.2 Å². The van der Waals surface area contributed by atoms with Crippen molar-refractivity contribution in [2.75, 3.05) is 0 Å². The van der Waals surface area contributed by atoms with Crippen LogP contribution in [0.4, 0.5) is 0 Å². The smallest absolute Gasteiger partial charge is 0.225 e. The van der Waals surface area contributed by atoms with Crippen molar-refractivity contribution >= 4 is 15.7 Å². The molecule has 0 saturated heterocycles. The zero-order valence-corrected chi connectivity index (χ0v) is 14.9. The average molecular weight is 365 g/mol. The lowest BCUT2D eigenvalue weighted by molar-refractivity contribution is -0.120. The summed E-state index contributed by atoms with van der Waals surface area (Å²) in [5.41, 5.74) is 1.35. The van der Waals surface area contributed by atoms with Crippen molar-refractivity contribution in [3.05, 3.63) is 102 Å². The molecule has 3 aromatic rings. The lowest BCUT2D eigenvalue weighted by atomic mass is 10.1. The van der Waals surface area contributed by atoms with Gasteiger partial charge in [-0.3, -0.25) is 4.79 Å². The molecule has 0 saturated carbocycles. The van der Waals surface area contributed by atoms with Crippen molar-refractivity contribution in [1.82, 2.24) is 5.32 Å². The Morgan fingerprint density at radius 2 is 1.27 bits per heavy atom. The highest BCUT2D eigenvalue weighted by Crippen LogP contribution is 2.26. The van der Waals surface area contributed by atoms with E-state index in [9.17, 15) is 13.2 Å². The van der Waals surface area contributed by atoms with E-state index in [0.717, 1.165) is 5.56 Å². The topological polar surface area (TPSA) is 63.2 Å². The molecule has 1 amide bonds. The fraction of sp³-hybridized carbons (Fsp3) is 0.0952. The molecule has 5 heteroatoms. The maximum Gasteiger partial charge on any atom is 0.225 e. The molecule has 132 valence electrons. The minimum Gasteiger partial charge on any atom is -0.335 e. The molecule has 3 rings (SSSR count). The van der Waals surface area contributed by atoms with E-state index >= 15 is 0 Å². The summed E-state index contributed by atoms with van der Waals surface area (Å²) in [5.74, 6) is -0.343. The second-order valence-corrected chi connectivity index (χ2v) is 7.91. The Bertz CT molecular complexity index is 956. The van der Waals surface area contributed by atoms with Crippen LogP contribution < -0.4 is 5.32 Å². The Morgan fingerprint density at radius 1 is 0.769 bits per heavy atom. The number of nitrogens with one attached hydrogen (secondary N) is 1. The molecular weight excluding hydrogens is 346 g/mol. The number of sulfone groups is 1. The predicted octanol–water partition coefficient (Wildman–Crippen LogP) is 3.52. The Morgan fingerprint density at radius 3 is 1.85 bits per heavy atom. The first-order valence-electron chi connectivity index (χ1n) is 8.24. The first kappa shape index (κ1) is 17.9. The Kier molecular flexibility index (Phi) is 5.49. The Labute approximate surface area is 153 Å². The summed E-state index contributed by atoms with van der Waals surface area (Å²) in [5, 5.41) is 1.56. The van der Waals surface area contributed by atoms with E-state index in [1.807, 2.05) is 36.4 Å². The summed E-state index contributed by atoms with van der Waals surface area (Å²) in [6.07, 6.45) is 0.120. The van der Waals surface area contributed by atoms with Crippen molar-refractivity contribution in [2.24, 2.45) is 0 Å². The van der Waals surface area contributed by atoms with Gasteiger partial charge in [-0.15, -0.1) is 0 Å². The summed E-state index contributed by atoms with van der Waals surface area (Å²) in [6, 6.07) is 26.1. The summed E-state index contributed by atoms with van der Waals surface area (Å²) in [6.45, 7) is 0. The van der Waals surface area contributed by atoms with E-state index in [1.54, 1.807) is 42.5 Å². The molecule has 4 nitrogen and oxygen atoms in total. The van der Waals surface area contributed by atoms with Gasteiger partial charge in [-0.25, -0.2) is 8.42 Å². The largest absolute Gasteiger partial charge is 0.335 e. The lowest BCUT2D eigenvalue weighted by Crippen LogP contribution is -2.35. The van der Waals surface area contributed by atoms with Gasteiger partial charge in [0.25, 0.3) is 0 Å². The maximum atomic E-state index is 13.1. The van der Waals surface area contributed by atoms with Gasteiger partial charge in [0, 0.05) is 0 Å². The zero-order chi connectivity index (χ0) is 18.4. The SMILES string of the molecule is O=C(Cc1ccccc1)NC(c1ccccc1)S(=O)(=O)c1ccccc1. The third-order valence-electron chi connectivity index (χ3n) is 3.98. The van der Waals surface area contributed by atoms with Crippen molar-refractivity contribution < 1.29 is 13.2 Å².